The fraction of sp³-hybridized carbons (Fsp3) is 0.250. The van der Waals surface area contributed by atoms with Gasteiger partial charge in [-0.15, -0.1) is 0 Å². The second-order valence-electron chi connectivity index (χ2n) is 6.90. The molecule has 3 aliphatic carbocycles. The van der Waals surface area contributed by atoms with Crippen LogP contribution in [0.4, 0.5) is 10.1 Å². The third-order valence-corrected chi connectivity index (χ3v) is 5.78. The molecule has 2 bridgehead atoms. The second-order valence-corrected chi connectivity index (χ2v) is 6.90. The summed E-state index contributed by atoms with van der Waals surface area (Å²) >= 11 is 0. The Hall–Kier alpha value is -2.82. The number of imide groups is 1. The molecule has 1 heterocycles. The van der Waals surface area contributed by atoms with Gasteiger partial charge in [-0.2, -0.15) is 0 Å². The predicted octanol–water partition coefficient (Wildman–Crippen LogP) is 2.79. The van der Waals surface area contributed by atoms with Crippen LogP contribution in [0.3, 0.4) is 0 Å². The Kier molecular flexibility index (Phi) is 2.82. The molecule has 0 N–H and O–H groups in total. The van der Waals surface area contributed by atoms with Gasteiger partial charge in [-0.3, -0.25) is 14.4 Å². The predicted molar refractivity (Wildman–Crippen MR) is 87.4 cm³/mol. The molecule has 1 aliphatic heterocycles. The van der Waals surface area contributed by atoms with E-state index in [1.54, 1.807) is 6.07 Å². The lowest BCUT2D eigenvalue weighted by Crippen LogP contribution is -2.44. The second kappa shape index (κ2) is 4.85. The van der Waals surface area contributed by atoms with E-state index in [2.05, 4.69) is 0 Å². The van der Waals surface area contributed by atoms with Crippen LogP contribution in [0.15, 0.2) is 48.5 Å². The van der Waals surface area contributed by atoms with Crippen molar-refractivity contribution in [3.63, 3.8) is 0 Å². The van der Waals surface area contributed by atoms with Gasteiger partial charge in [0.2, 0.25) is 11.8 Å². The van der Waals surface area contributed by atoms with Crippen LogP contribution in [0.2, 0.25) is 0 Å². The third kappa shape index (κ3) is 1.73. The minimum atomic E-state index is -0.715. The highest BCUT2D eigenvalue weighted by Gasteiger charge is 2.62. The molecule has 4 nitrogen and oxygen atoms in total. The average molecular weight is 335 g/mol. The first-order valence-corrected chi connectivity index (χ1v) is 8.33. The maximum Gasteiger partial charge on any atom is 0.238 e. The van der Waals surface area contributed by atoms with Crippen molar-refractivity contribution < 1.29 is 18.8 Å². The molecule has 6 rings (SSSR count). The van der Waals surface area contributed by atoms with Crippen molar-refractivity contribution >= 4 is 23.3 Å². The van der Waals surface area contributed by atoms with Crippen LogP contribution in [0.5, 0.6) is 0 Å². The Morgan fingerprint density at radius 2 is 1.48 bits per heavy atom. The van der Waals surface area contributed by atoms with E-state index in [4.69, 9.17) is 0 Å². The van der Waals surface area contributed by atoms with E-state index in [1.165, 1.54) is 18.2 Å². The number of carbonyl (C=O) groups is 3. The lowest BCUT2D eigenvalue weighted by molar-refractivity contribution is -0.134. The number of hydrogen-bond acceptors (Lipinski definition) is 3. The summed E-state index contributed by atoms with van der Waals surface area (Å²) in [5.74, 6) is -3.65. The molecule has 2 amide bonds. The van der Waals surface area contributed by atoms with Gasteiger partial charge in [0.25, 0.3) is 0 Å². The van der Waals surface area contributed by atoms with E-state index in [-0.39, 0.29) is 23.8 Å². The minimum Gasteiger partial charge on any atom is -0.299 e. The van der Waals surface area contributed by atoms with Crippen LogP contribution < -0.4 is 4.90 Å². The molecule has 25 heavy (non-hydrogen) atoms. The Labute approximate surface area is 143 Å². The van der Waals surface area contributed by atoms with Crippen LogP contribution >= 0.6 is 0 Å². The number of benzene rings is 2. The first-order valence-electron chi connectivity index (χ1n) is 8.33. The largest absolute Gasteiger partial charge is 0.299 e. The molecule has 0 unspecified atom stereocenters. The molecular formula is C20H14FNO3. The van der Waals surface area contributed by atoms with E-state index in [0.717, 1.165) is 16.0 Å². The smallest absolute Gasteiger partial charge is 0.238 e. The van der Waals surface area contributed by atoms with E-state index >= 15 is 0 Å². The number of anilines is 1. The zero-order valence-electron chi connectivity index (χ0n) is 13.2. The molecule has 4 atom stereocenters. The maximum absolute atomic E-state index is 14.2. The van der Waals surface area contributed by atoms with Crippen molar-refractivity contribution in [1.82, 2.24) is 0 Å². The fourth-order valence-electron chi connectivity index (χ4n) is 4.83. The molecule has 2 aromatic carbocycles. The van der Waals surface area contributed by atoms with Gasteiger partial charge in [-0.25, -0.2) is 9.29 Å². The van der Waals surface area contributed by atoms with Crippen molar-refractivity contribution in [2.75, 3.05) is 4.90 Å². The van der Waals surface area contributed by atoms with Crippen molar-refractivity contribution in [3.8, 4) is 0 Å². The number of hydrogen-bond donors (Lipinski definition) is 0. The molecule has 5 heteroatoms. The quantitative estimate of drug-likeness (QED) is 0.753. The number of halogens is 1. The number of Topliss-reactive ketones (excluding diaryl/α,β-unsaturated/α-hetero) is 1. The van der Waals surface area contributed by atoms with Crippen molar-refractivity contribution in [3.05, 3.63) is 65.5 Å². The third-order valence-electron chi connectivity index (χ3n) is 5.78. The summed E-state index contributed by atoms with van der Waals surface area (Å²) in [4.78, 5) is 39.6. The number of carbonyl (C=O) groups excluding carboxylic acids is 3. The van der Waals surface area contributed by atoms with Gasteiger partial charge < -0.3 is 0 Å². The van der Waals surface area contributed by atoms with Crippen molar-refractivity contribution in [1.29, 1.82) is 0 Å². The highest BCUT2D eigenvalue weighted by atomic mass is 19.1. The number of fused-ring (bicyclic) bond motifs is 1. The normalized spacial score (nSPS) is 29.8. The average Bonchev–Trinajstić information content (AvgIpc) is 2.88. The highest BCUT2D eigenvalue weighted by molar-refractivity contribution is 6.24. The SMILES string of the molecule is O=C1C[C@@H]2c3ccccc3[C@H]1[C@H]1C(=O)N(c3ccccc3F)C(=O)[C@@H]12. The zero-order chi connectivity index (χ0) is 17.3. The van der Waals surface area contributed by atoms with E-state index in [1.807, 2.05) is 24.3 Å². The van der Waals surface area contributed by atoms with Crippen LogP contribution in [0.1, 0.15) is 29.4 Å². The minimum absolute atomic E-state index is 0.00137. The van der Waals surface area contributed by atoms with Gasteiger partial charge in [0.05, 0.1) is 23.4 Å². The number of para-hydroxylation sites is 1. The number of nitrogens with zero attached hydrogens (tertiary/aromatic N) is 1. The Bertz CT molecular complexity index is 953. The Balaban J connectivity index is 1.68. The molecule has 2 aromatic rings. The van der Waals surface area contributed by atoms with Gasteiger partial charge in [0.15, 0.2) is 0 Å². The first kappa shape index (κ1) is 14.5. The number of amides is 2. The van der Waals surface area contributed by atoms with Gasteiger partial charge in [-0.1, -0.05) is 36.4 Å². The molecule has 1 saturated heterocycles. The van der Waals surface area contributed by atoms with E-state index in [0.29, 0.717) is 0 Å². The van der Waals surface area contributed by atoms with Crippen LogP contribution in [-0.2, 0) is 14.4 Å². The van der Waals surface area contributed by atoms with E-state index in [9.17, 15) is 18.8 Å². The topological polar surface area (TPSA) is 54.5 Å². The molecule has 0 aromatic heterocycles. The highest BCUT2D eigenvalue weighted by Crippen LogP contribution is 2.57. The fourth-order valence-corrected chi connectivity index (χ4v) is 4.83. The first-order chi connectivity index (χ1) is 12.1. The number of ketones is 1. The standard InChI is InChI=1S/C20H14FNO3/c21-13-7-3-4-8-14(13)22-19(24)17-12-9-15(23)16(18(17)20(22)25)11-6-2-1-5-10(11)12/h1-8,12,16-18H,9H2/t12-,16-,17-,18-/m1/s1. The van der Waals surface area contributed by atoms with Gasteiger partial charge in [0.1, 0.15) is 11.6 Å². The Morgan fingerprint density at radius 3 is 2.24 bits per heavy atom. The van der Waals surface area contributed by atoms with E-state index < -0.39 is 35.4 Å². The van der Waals surface area contributed by atoms with Crippen LogP contribution in [-0.4, -0.2) is 17.6 Å². The number of rotatable bonds is 1. The van der Waals surface area contributed by atoms with Crippen molar-refractivity contribution in [2.45, 2.75) is 18.3 Å². The monoisotopic (exact) mass is 335 g/mol. The van der Waals surface area contributed by atoms with Gasteiger partial charge in [-0.05, 0) is 23.3 Å². The maximum atomic E-state index is 14.2. The van der Waals surface area contributed by atoms with Gasteiger partial charge >= 0.3 is 0 Å². The molecule has 1 saturated carbocycles. The summed E-state index contributed by atoms with van der Waals surface area (Å²) in [6.45, 7) is 0. The Morgan fingerprint density at radius 1 is 0.840 bits per heavy atom. The zero-order valence-corrected chi connectivity index (χ0v) is 13.2. The summed E-state index contributed by atoms with van der Waals surface area (Å²) < 4.78 is 14.2. The summed E-state index contributed by atoms with van der Waals surface area (Å²) in [6.07, 6.45) is 0.271. The summed E-state index contributed by atoms with van der Waals surface area (Å²) in [5.41, 5.74) is 1.80. The van der Waals surface area contributed by atoms with Crippen molar-refractivity contribution in [2.24, 2.45) is 11.8 Å². The molecular weight excluding hydrogens is 321 g/mol. The summed E-state index contributed by atoms with van der Waals surface area (Å²) in [5, 5.41) is 0. The molecule has 0 radical (unpaired) electrons. The molecule has 4 aliphatic rings. The van der Waals surface area contributed by atoms with Crippen LogP contribution in [0.25, 0.3) is 0 Å². The molecule has 2 fully saturated rings. The molecule has 0 spiro atoms. The lowest BCUT2D eigenvalue weighted by atomic mass is 9.56. The van der Waals surface area contributed by atoms with Gasteiger partial charge in [0, 0.05) is 12.3 Å². The summed E-state index contributed by atoms with van der Waals surface area (Å²) in [6, 6.07) is 13.3. The lowest BCUT2D eigenvalue weighted by Gasteiger charge is -2.43. The summed E-state index contributed by atoms with van der Waals surface area (Å²) in [7, 11) is 0. The molecule has 124 valence electrons. The van der Waals surface area contributed by atoms with Crippen LogP contribution in [0, 0.1) is 17.7 Å².